The van der Waals surface area contributed by atoms with E-state index in [-0.39, 0.29) is 0 Å². The summed E-state index contributed by atoms with van der Waals surface area (Å²) in [6, 6.07) is 7.25. The predicted octanol–water partition coefficient (Wildman–Crippen LogP) is 5.00. The molecule has 2 aromatic rings. The summed E-state index contributed by atoms with van der Waals surface area (Å²) < 4.78 is 1.47. The molecule has 1 heterocycles. The normalized spacial score (nSPS) is 35.2. The van der Waals surface area contributed by atoms with E-state index in [0.29, 0.717) is 10.8 Å². The van der Waals surface area contributed by atoms with Crippen LogP contribution in [0.4, 0.5) is 0 Å². The summed E-state index contributed by atoms with van der Waals surface area (Å²) in [5, 5.41) is 3.68. The van der Waals surface area contributed by atoms with Crippen LogP contribution in [0, 0.1) is 0 Å². The molecule has 1 aromatic carbocycles. The van der Waals surface area contributed by atoms with E-state index in [4.69, 9.17) is 0 Å². The summed E-state index contributed by atoms with van der Waals surface area (Å²) >= 11 is 1.89. The van der Waals surface area contributed by atoms with Crippen molar-refractivity contribution < 1.29 is 0 Å². The van der Waals surface area contributed by atoms with Gasteiger partial charge in [0.15, 0.2) is 0 Å². The Morgan fingerprint density at radius 3 is 2.18 bits per heavy atom. The van der Waals surface area contributed by atoms with E-state index in [9.17, 15) is 0 Å². The Bertz CT molecular complexity index is 545. The molecule has 0 saturated heterocycles. The number of rotatable bonds is 0. The number of fused-ring (bicyclic) bond motifs is 3. The molecule has 1 fully saturated rings. The highest BCUT2D eigenvalue weighted by Gasteiger charge is 2.47. The van der Waals surface area contributed by atoms with Gasteiger partial charge in [0.25, 0.3) is 0 Å². The van der Waals surface area contributed by atoms with E-state index in [0.717, 1.165) is 0 Å². The molecule has 0 spiro atoms. The Morgan fingerprint density at radius 2 is 1.53 bits per heavy atom. The molecule has 1 heteroatoms. The molecule has 0 unspecified atom stereocenters. The second kappa shape index (κ2) is 2.95. The molecule has 0 amide bonds. The van der Waals surface area contributed by atoms with Gasteiger partial charge in [-0.2, -0.15) is 0 Å². The van der Waals surface area contributed by atoms with Gasteiger partial charge >= 0.3 is 0 Å². The van der Waals surface area contributed by atoms with Crippen LogP contribution in [0.1, 0.15) is 50.7 Å². The maximum atomic E-state index is 2.49. The Balaban J connectivity index is 2.10. The molecule has 17 heavy (non-hydrogen) atoms. The minimum Gasteiger partial charge on any atom is -0.144 e. The van der Waals surface area contributed by atoms with E-state index in [2.05, 4.69) is 37.4 Å². The first-order valence-electron chi connectivity index (χ1n) is 6.63. The number of thiophene rings is 1. The first-order valence-corrected chi connectivity index (χ1v) is 7.51. The summed E-state index contributed by atoms with van der Waals surface area (Å²) in [5.74, 6) is 0. The average molecular weight is 242 g/mol. The lowest BCUT2D eigenvalue weighted by atomic mass is 9.52. The van der Waals surface area contributed by atoms with Crippen molar-refractivity contribution in [3.63, 3.8) is 0 Å². The van der Waals surface area contributed by atoms with Gasteiger partial charge in [0.1, 0.15) is 0 Å². The zero-order valence-corrected chi connectivity index (χ0v) is 11.4. The van der Waals surface area contributed by atoms with Crippen LogP contribution in [0.25, 0.3) is 10.1 Å². The van der Waals surface area contributed by atoms with Gasteiger partial charge in [-0.15, -0.1) is 11.3 Å². The highest BCUT2D eigenvalue weighted by molar-refractivity contribution is 7.17. The minimum atomic E-state index is 0.462. The largest absolute Gasteiger partial charge is 0.144 e. The molecular weight excluding hydrogens is 224 g/mol. The zero-order chi connectivity index (χ0) is 11.7. The van der Waals surface area contributed by atoms with Crippen LogP contribution in [-0.2, 0) is 10.8 Å². The Kier molecular flexibility index (Phi) is 1.76. The SMILES string of the molecule is CC12CCC(C)(CC1)c1cc3sccc3cc12. The van der Waals surface area contributed by atoms with E-state index in [1.54, 1.807) is 11.1 Å². The molecule has 3 aliphatic carbocycles. The first-order chi connectivity index (χ1) is 8.11. The van der Waals surface area contributed by atoms with Crippen LogP contribution in [-0.4, -0.2) is 0 Å². The van der Waals surface area contributed by atoms with Crippen LogP contribution in [0.2, 0.25) is 0 Å². The smallest absolute Gasteiger partial charge is 0.0345 e. The predicted molar refractivity (Wildman–Crippen MR) is 75.0 cm³/mol. The lowest BCUT2D eigenvalue weighted by molar-refractivity contribution is 0.188. The fourth-order valence-electron chi connectivity index (χ4n) is 3.90. The van der Waals surface area contributed by atoms with Gasteiger partial charge in [-0.3, -0.25) is 0 Å². The van der Waals surface area contributed by atoms with Gasteiger partial charge in [-0.05, 0) is 76.6 Å². The summed E-state index contributed by atoms with van der Waals surface area (Å²) in [7, 11) is 0. The van der Waals surface area contributed by atoms with Gasteiger partial charge in [0.2, 0.25) is 0 Å². The average Bonchev–Trinajstić information content (AvgIpc) is 2.78. The standard InChI is InChI=1S/C16H18S/c1-15-4-6-16(2,7-5-15)13-10-14-11(3-8-17-14)9-12(13)15/h3,8-10H,4-7H2,1-2H3. The van der Waals surface area contributed by atoms with E-state index >= 15 is 0 Å². The molecule has 3 aliphatic rings. The maximum absolute atomic E-state index is 2.49. The monoisotopic (exact) mass is 242 g/mol. The molecular formula is C16H18S. The molecule has 0 N–H and O–H groups in total. The zero-order valence-electron chi connectivity index (χ0n) is 10.5. The molecule has 1 aromatic heterocycles. The van der Waals surface area contributed by atoms with Crippen molar-refractivity contribution in [1.29, 1.82) is 0 Å². The van der Waals surface area contributed by atoms with Gasteiger partial charge < -0.3 is 0 Å². The van der Waals surface area contributed by atoms with E-state index < -0.39 is 0 Å². The Labute approximate surface area is 107 Å². The lowest BCUT2D eigenvalue weighted by Gasteiger charge is -2.52. The Hall–Kier alpha value is -0.820. The first kappa shape index (κ1) is 10.1. The van der Waals surface area contributed by atoms with Crippen LogP contribution in [0.15, 0.2) is 23.6 Å². The Morgan fingerprint density at radius 1 is 0.941 bits per heavy atom. The molecule has 0 radical (unpaired) electrons. The van der Waals surface area contributed by atoms with Crippen molar-refractivity contribution in [2.75, 3.05) is 0 Å². The van der Waals surface area contributed by atoms with E-state index in [1.807, 2.05) is 11.3 Å². The third-order valence-electron chi connectivity index (χ3n) is 5.35. The van der Waals surface area contributed by atoms with Crippen LogP contribution in [0.3, 0.4) is 0 Å². The summed E-state index contributed by atoms with van der Waals surface area (Å²) in [6.45, 7) is 4.95. The second-order valence-corrected chi connectivity index (χ2v) is 7.43. The van der Waals surface area contributed by atoms with Crippen LogP contribution < -0.4 is 0 Å². The van der Waals surface area contributed by atoms with Gasteiger partial charge in [-0.1, -0.05) is 13.8 Å². The van der Waals surface area contributed by atoms with Gasteiger partial charge in [0.05, 0.1) is 0 Å². The summed E-state index contributed by atoms with van der Waals surface area (Å²) in [6.07, 6.45) is 5.53. The number of hydrogen-bond acceptors (Lipinski definition) is 1. The van der Waals surface area contributed by atoms with E-state index in [1.165, 1.54) is 35.8 Å². The third kappa shape index (κ3) is 1.18. The molecule has 1 saturated carbocycles. The molecule has 0 atom stereocenters. The molecule has 5 rings (SSSR count). The lowest BCUT2D eigenvalue weighted by Crippen LogP contribution is -2.44. The number of benzene rings is 1. The minimum absolute atomic E-state index is 0.462. The van der Waals surface area contributed by atoms with Crippen molar-refractivity contribution >= 4 is 21.4 Å². The van der Waals surface area contributed by atoms with Crippen molar-refractivity contribution in [2.45, 2.75) is 50.4 Å². The highest BCUT2D eigenvalue weighted by atomic mass is 32.1. The molecule has 2 bridgehead atoms. The molecule has 88 valence electrons. The fourth-order valence-corrected chi connectivity index (χ4v) is 4.71. The molecule has 0 aliphatic heterocycles. The fraction of sp³-hybridized carbons (Fsp3) is 0.500. The summed E-state index contributed by atoms with van der Waals surface area (Å²) in [4.78, 5) is 0. The maximum Gasteiger partial charge on any atom is 0.0345 e. The quantitative estimate of drug-likeness (QED) is 0.609. The van der Waals surface area contributed by atoms with Crippen molar-refractivity contribution in [3.05, 3.63) is 34.7 Å². The van der Waals surface area contributed by atoms with Crippen LogP contribution in [0.5, 0.6) is 0 Å². The van der Waals surface area contributed by atoms with Crippen molar-refractivity contribution in [2.24, 2.45) is 0 Å². The van der Waals surface area contributed by atoms with Crippen LogP contribution >= 0.6 is 11.3 Å². The number of hydrogen-bond donors (Lipinski definition) is 0. The second-order valence-electron chi connectivity index (χ2n) is 6.48. The highest BCUT2D eigenvalue weighted by Crippen LogP contribution is 2.56. The van der Waals surface area contributed by atoms with Gasteiger partial charge in [-0.25, -0.2) is 0 Å². The van der Waals surface area contributed by atoms with Gasteiger partial charge in [0, 0.05) is 4.70 Å². The summed E-state index contributed by atoms with van der Waals surface area (Å²) in [5.41, 5.74) is 4.24. The topological polar surface area (TPSA) is 0 Å². The van der Waals surface area contributed by atoms with Crippen molar-refractivity contribution in [1.82, 2.24) is 0 Å². The third-order valence-corrected chi connectivity index (χ3v) is 6.23. The molecule has 0 nitrogen and oxygen atoms in total. The van der Waals surface area contributed by atoms with Crippen molar-refractivity contribution in [3.8, 4) is 0 Å².